The largest absolute Gasteiger partial charge is 0.460 e. The molecule has 192 valence electrons. The van der Waals surface area contributed by atoms with E-state index < -0.39 is 5.60 Å². The summed E-state index contributed by atoms with van der Waals surface area (Å²) in [5, 5.41) is 18.4. The number of fused-ring (bicyclic) bond motifs is 3. The highest BCUT2D eigenvalue weighted by molar-refractivity contribution is 6.07. The van der Waals surface area contributed by atoms with Gasteiger partial charge in [-0.2, -0.15) is 5.10 Å². The average molecular weight is 503 g/mol. The highest BCUT2D eigenvalue weighted by Crippen LogP contribution is 2.58. The van der Waals surface area contributed by atoms with Crippen LogP contribution in [0.3, 0.4) is 0 Å². The van der Waals surface area contributed by atoms with Crippen molar-refractivity contribution in [2.24, 2.45) is 5.41 Å². The van der Waals surface area contributed by atoms with Crippen LogP contribution in [0.2, 0.25) is 0 Å². The molecule has 0 unspecified atom stereocenters. The molecule has 3 aliphatic rings. The predicted octanol–water partition coefficient (Wildman–Crippen LogP) is 4.22. The van der Waals surface area contributed by atoms with Crippen LogP contribution in [0.25, 0.3) is 16.5 Å². The van der Waals surface area contributed by atoms with Crippen molar-refractivity contribution in [3.63, 3.8) is 0 Å². The molecule has 1 aromatic carbocycles. The van der Waals surface area contributed by atoms with Gasteiger partial charge in [-0.05, 0) is 58.2 Å². The second-order valence-corrected chi connectivity index (χ2v) is 10.9. The van der Waals surface area contributed by atoms with E-state index in [2.05, 4.69) is 10.4 Å². The number of nitrogens with zero attached hydrogens (tertiary/aromatic N) is 3. The minimum absolute atomic E-state index is 0.0446. The van der Waals surface area contributed by atoms with Crippen LogP contribution in [0, 0.1) is 19.3 Å². The molecule has 9 nitrogen and oxygen atoms in total. The summed E-state index contributed by atoms with van der Waals surface area (Å²) in [7, 11) is 1.59. The Morgan fingerprint density at radius 2 is 2.00 bits per heavy atom. The smallest absolute Gasteiger partial charge is 0.256 e. The molecule has 9 heteroatoms. The van der Waals surface area contributed by atoms with E-state index in [0.717, 1.165) is 18.4 Å². The number of hydrogen-bond acceptors (Lipinski definition) is 6. The number of carbonyl (C=O) groups is 2. The lowest BCUT2D eigenvalue weighted by Gasteiger charge is -2.45. The molecule has 2 aliphatic heterocycles. The molecule has 4 aromatic rings. The Bertz CT molecular complexity index is 1590. The molecular weight excluding hydrogens is 472 g/mol. The first-order chi connectivity index (χ1) is 17.5. The molecule has 0 atom stereocenters. The standard InChI is InChI=1S/C28H30N4O5/c1-15-20(26(34)31-14-28(27(3,4)35)11-17(31)12-28)13-32-24(15)21(8-9-30-32)37-18-6-7-19-22(10-18)36-16(2)23(19)25(33)29-5/h6-10,13,17,35H,11-12,14H2,1-5H3,(H,29,33). The first-order valence-electron chi connectivity index (χ1n) is 12.5. The number of aryl methyl sites for hydroxylation is 2. The Kier molecular flexibility index (Phi) is 4.98. The lowest BCUT2D eigenvalue weighted by molar-refractivity contribution is -0.0755. The minimum atomic E-state index is -0.823. The number of rotatable bonds is 5. The van der Waals surface area contributed by atoms with Gasteiger partial charge in [-0.25, -0.2) is 4.52 Å². The second-order valence-electron chi connectivity index (χ2n) is 10.9. The Labute approximate surface area is 214 Å². The molecule has 2 bridgehead atoms. The number of ether oxygens (including phenoxy) is 1. The molecule has 1 aliphatic carbocycles. The van der Waals surface area contributed by atoms with Gasteiger partial charge in [0.05, 0.1) is 22.9 Å². The van der Waals surface area contributed by atoms with Gasteiger partial charge in [-0.3, -0.25) is 9.59 Å². The summed E-state index contributed by atoms with van der Waals surface area (Å²) < 4.78 is 13.7. The Morgan fingerprint density at radius 1 is 1.24 bits per heavy atom. The van der Waals surface area contributed by atoms with Gasteiger partial charge in [0.15, 0.2) is 5.75 Å². The van der Waals surface area contributed by atoms with Crippen molar-refractivity contribution in [2.75, 3.05) is 13.6 Å². The molecule has 3 fully saturated rings. The lowest BCUT2D eigenvalue weighted by Crippen LogP contribution is -2.50. The van der Waals surface area contributed by atoms with Crippen molar-refractivity contribution in [3.05, 3.63) is 59.1 Å². The molecule has 3 aromatic heterocycles. The molecule has 0 radical (unpaired) electrons. The van der Waals surface area contributed by atoms with Crippen molar-refractivity contribution >= 4 is 28.3 Å². The van der Waals surface area contributed by atoms with E-state index in [4.69, 9.17) is 9.15 Å². The first-order valence-corrected chi connectivity index (χ1v) is 12.5. The van der Waals surface area contributed by atoms with Crippen LogP contribution in [0.5, 0.6) is 11.5 Å². The van der Waals surface area contributed by atoms with Gasteiger partial charge in [-0.15, -0.1) is 0 Å². The molecule has 2 saturated heterocycles. The van der Waals surface area contributed by atoms with Crippen LogP contribution in [-0.2, 0) is 0 Å². The molecule has 2 N–H and O–H groups in total. The third-order valence-corrected chi connectivity index (χ3v) is 8.37. The fourth-order valence-electron chi connectivity index (χ4n) is 6.05. The average Bonchev–Trinajstić information content (AvgIpc) is 3.56. The van der Waals surface area contributed by atoms with Gasteiger partial charge < -0.3 is 24.5 Å². The number of hydrogen-bond donors (Lipinski definition) is 2. The zero-order chi connectivity index (χ0) is 26.3. The summed E-state index contributed by atoms with van der Waals surface area (Å²) in [6.07, 6.45) is 5.04. The summed E-state index contributed by atoms with van der Waals surface area (Å²) in [6.45, 7) is 7.89. The van der Waals surface area contributed by atoms with Gasteiger partial charge in [0.1, 0.15) is 22.6 Å². The number of aliphatic hydroxyl groups is 1. The molecule has 5 heterocycles. The zero-order valence-electron chi connectivity index (χ0n) is 21.6. The van der Waals surface area contributed by atoms with E-state index in [-0.39, 0.29) is 23.3 Å². The SMILES string of the molecule is CNC(=O)c1c(C)oc2cc(Oc3ccnn4cc(C(=O)N5CC6(C(C)(C)O)CC5C6)c(C)c34)ccc12. The number of furan rings is 1. The van der Waals surface area contributed by atoms with Gasteiger partial charge in [0.2, 0.25) is 0 Å². The molecular formula is C28H30N4O5. The van der Waals surface area contributed by atoms with E-state index in [1.54, 1.807) is 49.1 Å². The molecule has 37 heavy (non-hydrogen) atoms. The topological polar surface area (TPSA) is 109 Å². The van der Waals surface area contributed by atoms with E-state index in [0.29, 0.717) is 51.4 Å². The lowest BCUT2D eigenvalue weighted by atomic mass is 9.61. The third-order valence-electron chi connectivity index (χ3n) is 8.37. The number of nitrogens with one attached hydrogen (secondary N) is 1. The highest BCUT2D eigenvalue weighted by atomic mass is 16.5. The van der Waals surface area contributed by atoms with Crippen molar-refractivity contribution in [3.8, 4) is 11.5 Å². The number of amides is 2. The van der Waals surface area contributed by atoms with Crippen molar-refractivity contribution in [2.45, 2.75) is 52.2 Å². The number of aromatic nitrogens is 2. The van der Waals surface area contributed by atoms with Crippen LogP contribution in [0.15, 0.2) is 41.1 Å². The van der Waals surface area contributed by atoms with Gasteiger partial charge in [0.25, 0.3) is 11.8 Å². The Balaban J connectivity index is 1.32. The fourth-order valence-corrected chi connectivity index (χ4v) is 6.05. The maximum absolute atomic E-state index is 13.6. The summed E-state index contributed by atoms with van der Waals surface area (Å²) >= 11 is 0. The van der Waals surface area contributed by atoms with Crippen LogP contribution in [0.1, 0.15) is 58.7 Å². The molecule has 0 spiro atoms. The van der Waals surface area contributed by atoms with Crippen LogP contribution < -0.4 is 10.1 Å². The van der Waals surface area contributed by atoms with Gasteiger partial charge >= 0.3 is 0 Å². The minimum Gasteiger partial charge on any atom is -0.460 e. The highest BCUT2D eigenvalue weighted by Gasteiger charge is 2.62. The molecule has 7 rings (SSSR count). The first kappa shape index (κ1) is 23.5. The summed E-state index contributed by atoms with van der Waals surface area (Å²) in [5.74, 6) is 1.38. The normalized spacial score (nSPS) is 20.9. The fraction of sp³-hybridized carbons (Fsp3) is 0.393. The quantitative estimate of drug-likeness (QED) is 0.423. The van der Waals surface area contributed by atoms with E-state index in [9.17, 15) is 14.7 Å². The monoisotopic (exact) mass is 502 g/mol. The van der Waals surface area contributed by atoms with Crippen molar-refractivity contribution in [1.82, 2.24) is 19.8 Å². The maximum Gasteiger partial charge on any atom is 0.256 e. The third kappa shape index (κ3) is 3.37. The second kappa shape index (κ2) is 7.82. The zero-order valence-corrected chi connectivity index (χ0v) is 21.6. The Hall–Kier alpha value is -3.85. The summed E-state index contributed by atoms with van der Waals surface area (Å²) in [4.78, 5) is 27.7. The predicted molar refractivity (Wildman–Crippen MR) is 137 cm³/mol. The van der Waals surface area contributed by atoms with Crippen LogP contribution >= 0.6 is 0 Å². The number of carbonyl (C=O) groups excluding carboxylic acids is 2. The van der Waals surface area contributed by atoms with E-state index in [1.165, 1.54) is 0 Å². The summed E-state index contributed by atoms with van der Waals surface area (Å²) in [6, 6.07) is 7.28. The molecule has 1 saturated carbocycles. The van der Waals surface area contributed by atoms with Gasteiger partial charge in [-0.1, -0.05) is 0 Å². The van der Waals surface area contributed by atoms with Crippen LogP contribution in [0.4, 0.5) is 0 Å². The van der Waals surface area contributed by atoms with E-state index in [1.807, 2.05) is 31.7 Å². The summed E-state index contributed by atoms with van der Waals surface area (Å²) in [5.41, 5.74) is 2.07. The number of benzene rings is 1. The van der Waals surface area contributed by atoms with Crippen molar-refractivity contribution in [1.29, 1.82) is 0 Å². The van der Waals surface area contributed by atoms with E-state index >= 15 is 0 Å². The van der Waals surface area contributed by atoms with Gasteiger partial charge in [0, 0.05) is 48.8 Å². The Morgan fingerprint density at radius 3 is 2.68 bits per heavy atom. The van der Waals surface area contributed by atoms with Crippen LogP contribution in [-0.4, -0.2) is 56.7 Å². The van der Waals surface area contributed by atoms with Crippen molar-refractivity contribution < 1.29 is 23.8 Å². The molecule has 2 amide bonds. The maximum atomic E-state index is 13.6.